The van der Waals surface area contributed by atoms with Gasteiger partial charge in [0.25, 0.3) is 11.8 Å². The molecule has 0 aliphatic carbocycles. The van der Waals surface area contributed by atoms with Gasteiger partial charge in [0.2, 0.25) is 0 Å². The number of hydrogen-bond acceptors (Lipinski definition) is 6. The minimum atomic E-state index is -0.607. The molecule has 0 spiro atoms. The van der Waals surface area contributed by atoms with Gasteiger partial charge in [-0.05, 0) is 33.3 Å². The second kappa shape index (κ2) is 8.32. The highest BCUT2D eigenvalue weighted by Gasteiger charge is 2.29. The smallest absolute Gasteiger partial charge is 0.341 e. The van der Waals surface area contributed by atoms with E-state index in [1.54, 1.807) is 48.8 Å². The van der Waals surface area contributed by atoms with Crippen LogP contribution in [0, 0.1) is 13.8 Å². The molecule has 0 bridgehead atoms. The van der Waals surface area contributed by atoms with E-state index < -0.39 is 11.9 Å². The summed E-state index contributed by atoms with van der Waals surface area (Å²) in [5.41, 5.74) is 1.29. The van der Waals surface area contributed by atoms with Crippen molar-refractivity contribution >= 4 is 45.7 Å². The maximum Gasteiger partial charge on any atom is 0.341 e. The zero-order chi connectivity index (χ0) is 21.3. The molecule has 0 atom stereocenters. The van der Waals surface area contributed by atoms with Crippen molar-refractivity contribution in [1.82, 2.24) is 14.7 Å². The summed E-state index contributed by atoms with van der Waals surface area (Å²) in [5.74, 6) is -1.41. The third-order valence-corrected chi connectivity index (χ3v) is 5.53. The number of halogens is 1. The van der Waals surface area contributed by atoms with E-state index in [-0.39, 0.29) is 33.3 Å². The van der Waals surface area contributed by atoms with Crippen LogP contribution >= 0.6 is 22.9 Å². The number of rotatable bonds is 5. The molecule has 0 fully saturated rings. The Morgan fingerprint density at radius 3 is 2.32 bits per heavy atom. The number of amides is 2. The van der Waals surface area contributed by atoms with Crippen LogP contribution in [0.15, 0.2) is 0 Å². The number of thiophene rings is 1. The number of ether oxygens (including phenoxy) is 1. The number of carbonyl (C=O) groups is 3. The zero-order valence-corrected chi connectivity index (χ0v) is 18.4. The van der Waals surface area contributed by atoms with Gasteiger partial charge in [0.1, 0.15) is 10.7 Å². The second-order valence-electron chi connectivity index (χ2n) is 6.74. The molecule has 0 unspecified atom stereocenters. The molecule has 1 N–H and O–H groups in total. The molecule has 0 aliphatic heterocycles. The number of esters is 1. The topological polar surface area (TPSA) is 93.5 Å². The summed E-state index contributed by atoms with van der Waals surface area (Å²) in [6.45, 7) is 6.79. The van der Waals surface area contributed by atoms with Crippen LogP contribution in [0.3, 0.4) is 0 Å². The molecule has 2 heterocycles. The maximum absolute atomic E-state index is 12.8. The average molecular weight is 427 g/mol. The molecular weight excluding hydrogens is 404 g/mol. The van der Waals surface area contributed by atoms with Crippen molar-refractivity contribution in [3.8, 4) is 0 Å². The quantitative estimate of drug-likeness (QED) is 0.740. The Morgan fingerprint density at radius 1 is 1.25 bits per heavy atom. The lowest BCUT2D eigenvalue weighted by atomic mass is 10.1. The lowest BCUT2D eigenvalue weighted by Crippen LogP contribution is -2.21. The van der Waals surface area contributed by atoms with E-state index in [4.69, 9.17) is 16.3 Å². The molecule has 2 amide bonds. The van der Waals surface area contributed by atoms with Crippen molar-refractivity contribution < 1.29 is 19.1 Å². The fraction of sp³-hybridized carbons (Fsp3) is 0.444. The Balaban J connectivity index is 2.52. The fourth-order valence-corrected chi connectivity index (χ4v) is 4.03. The van der Waals surface area contributed by atoms with Gasteiger partial charge in [0.15, 0.2) is 0 Å². The predicted molar refractivity (Wildman–Crippen MR) is 109 cm³/mol. The minimum absolute atomic E-state index is 0.160. The van der Waals surface area contributed by atoms with Crippen molar-refractivity contribution in [2.75, 3.05) is 19.4 Å². The first-order chi connectivity index (χ1) is 13.0. The Bertz CT molecular complexity index is 946. The van der Waals surface area contributed by atoms with Crippen LogP contribution in [0.5, 0.6) is 0 Å². The lowest BCUT2D eigenvalue weighted by molar-refractivity contribution is 0.0379. The van der Waals surface area contributed by atoms with Crippen LogP contribution < -0.4 is 5.32 Å². The second-order valence-corrected chi connectivity index (χ2v) is 8.14. The fourth-order valence-electron chi connectivity index (χ4n) is 2.57. The number of nitrogens with one attached hydrogen (secondary N) is 1. The van der Waals surface area contributed by atoms with Crippen molar-refractivity contribution in [2.45, 2.75) is 33.8 Å². The van der Waals surface area contributed by atoms with Crippen LogP contribution in [0.1, 0.15) is 55.6 Å². The SMILES string of the molecule is Cc1nn(C)c(C(=O)Nc2sc(C(=O)N(C)C)c(C)c2C(=O)OC(C)C)c1Cl. The number of anilines is 1. The van der Waals surface area contributed by atoms with E-state index in [1.165, 1.54) is 9.58 Å². The first kappa shape index (κ1) is 21.9. The van der Waals surface area contributed by atoms with Gasteiger partial charge in [0, 0.05) is 21.1 Å². The molecule has 0 aliphatic rings. The van der Waals surface area contributed by atoms with E-state index in [1.807, 2.05) is 0 Å². The number of aryl methyl sites for hydroxylation is 2. The highest BCUT2D eigenvalue weighted by molar-refractivity contribution is 7.18. The molecule has 0 aromatic carbocycles. The van der Waals surface area contributed by atoms with Crippen LogP contribution in [-0.2, 0) is 11.8 Å². The summed E-state index contributed by atoms with van der Waals surface area (Å²) in [6.07, 6.45) is -0.350. The van der Waals surface area contributed by atoms with Crippen LogP contribution in [0.4, 0.5) is 5.00 Å². The summed E-state index contributed by atoms with van der Waals surface area (Å²) in [5, 5.41) is 7.27. The minimum Gasteiger partial charge on any atom is -0.459 e. The maximum atomic E-state index is 12.8. The number of carbonyl (C=O) groups excluding carboxylic acids is 3. The molecule has 2 aromatic heterocycles. The molecule has 0 radical (unpaired) electrons. The van der Waals surface area contributed by atoms with E-state index in [0.717, 1.165) is 11.3 Å². The molecule has 2 aromatic rings. The number of nitrogens with zero attached hydrogens (tertiary/aromatic N) is 3. The summed E-state index contributed by atoms with van der Waals surface area (Å²) in [4.78, 5) is 39.7. The Labute approximate surface area is 172 Å². The standard InChI is InChI=1S/C18H23ClN4O4S/c1-8(2)27-18(26)11-9(3)14(17(25)22(5)6)28-16(11)20-15(24)13-12(19)10(4)21-23(13)7/h8H,1-7H3,(H,20,24). The Morgan fingerprint density at radius 2 is 1.86 bits per heavy atom. The molecule has 0 saturated carbocycles. The monoisotopic (exact) mass is 426 g/mol. The molecular formula is C18H23ClN4O4S. The first-order valence-corrected chi connectivity index (χ1v) is 9.71. The molecule has 10 heteroatoms. The number of aromatic nitrogens is 2. The molecule has 28 heavy (non-hydrogen) atoms. The van der Waals surface area contributed by atoms with Crippen molar-refractivity contribution in [3.05, 3.63) is 32.4 Å². The highest BCUT2D eigenvalue weighted by atomic mass is 35.5. The molecule has 8 nitrogen and oxygen atoms in total. The van der Waals surface area contributed by atoms with Gasteiger partial charge in [0.05, 0.1) is 27.3 Å². The normalized spacial score (nSPS) is 10.9. The first-order valence-electron chi connectivity index (χ1n) is 8.52. The van der Waals surface area contributed by atoms with Crippen LogP contribution in [-0.4, -0.2) is 52.7 Å². The zero-order valence-electron chi connectivity index (χ0n) is 16.8. The third-order valence-electron chi connectivity index (χ3n) is 3.89. The third kappa shape index (κ3) is 4.20. The van der Waals surface area contributed by atoms with Gasteiger partial charge in [-0.25, -0.2) is 4.79 Å². The van der Waals surface area contributed by atoms with E-state index in [9.17, 15) is 14.4 Å². The Kier molecular flexibility index (Phi) is 6.51. The lowest BCUT2D eigenvalue weighted by Gasteiger charge is -2.11. The van der Waals surface area contributed by atoms with Crippen molar-refractivity contribution in [2.24, 2.45) is 7.05 Å². The van der Waals surface area contributed by atoms with Gasteiger partial charge in [-0.15, -0.1) is 11.3 Å². The average Bonchev–Trinajstić information content (AvgIpc) is 3.02. The van der Waals surface area contributed by atoms with Gasteiger partial charge in [-0.3, -0.25) is 14.3 Å². The van der Waals surface area contributed by atoms with Crippen molar-refractivity contribution in [3.63, 3.8) is 0 Å². The van der Waals surface area contributed by atoms with Gasteiger partial charge < -0.3 is 15.0 Å². The van der Waals surface area contributed by atoms with Crippen LogP contribution in [0.2, 0.25) is 5.02 Å². The Hall–Kier alpha value is -2.39. The summed E-state index contributed by atoms with van der Waals surface area (Å²) >= 11 is 7.20. The molecule has 152 valence electrons. The van der Waals surface area contributed by atoms with E-state index in [2.05, 4.69) is 10.4 Å². The summed E-state index contributed by atoms with van der Waals surface area (Å²) < 4.78 is 6.66. The highest BCUT2D eigenvalue weighted by Crippen LogP contribution is 2.35. The number of hydrogen-bond donors (Lipinski definition) is 1. The van der Waals surface area contributed by atoms with E-state index in [0.29, 0.717) is 16.1 Å². The van der Waals surface area contributed by atoms with E-state index >= 15 is 0 Å². The van der Waals surface area contributed by atoms with Crippen molar-refractivity contribution in [1.29, 1.82) is 0 Å². The molecule has 2 rings (SSSR count). The summed E-state index contributed by atoms with van der Waals surface area (Å²) in [6, 6.07) is 0. The van der Waals surface area contributed by atoms with Gasteiger partial charge >= 0.3 is 5.97 Å². The van der Waals surface area contributed by atoms with Crippen LogP contribution in [0.25, 0.3) is 0 Å². The van der Waals surface area contributed by atoms with Gasteiger partial charge in [-0.1, -0.05) is 11.6 Å². The molecule has 0 saturated heterocycles. The van der Waals surface area contributed by atoms with Gasteiger partial charge in [-0.2, -0.15) is 5.10 Å². The summed E-state index contributed by atoms with van der Waals surface area (Å²) in [7, 11) is 4.83. The largest absolute Gasteiger partial charge is 0.459 e. The predicted octanol–water partition coefficient (Wildman–Crippen LogP) is 3.27.